The van der Waals surface area contributed by atoms with Gasteiger partial charge in [-0.2, -0.15) is 0 Å². The first-order valence-corrected chi connectivity index (χ1v) is 5.77. The molecule has 86 valence electrons. The minimum absolute atomic E-state index is 0.880. The van der Waals surface area contributed by atoms with E-state index in [1.54, 1.807) is 0 Å². The minimum Gasteiger partial charge on any atom is -0.344 e. The predicted octanol–water partition coefficient (Wildman–Crippen LogP) is 3.47. The van der Waals surface area contributed by atoms with Crippen molar-refractivity contribution >= 4 is 11.5 Å². The highest BCUT2D eigenvalue weighted by Gasteiger charge is 1.99. The highest BCUT2D eigenvalue weighted by atomic mass is 15.0. The Morgan fingerprint density at radius 1 is 1.31 bits per heavy atom. The molecule has 2 heteroatoms. The number of nitrogens with zero attached hydrogens (tertiary/aromatic N) is 1. The maximum atomic E-state index is 4.42. The molecule has 0 heterocycles. The molecule has 0 aliphatic rings. The van der Waals surface area contributed by atoms with Gasteiger partial charge >= 0.3 is 0 Å². The first kappa shape index (κ1) is 12.5. The van der Waals surface area contributed by atoms with Gasteiger partial charge in [-0.1, -0.05) is 43.3 Å². The highest BCUT2D eigenvalue weighted by molar-refractivity contribution is 5.88. The zero-order chi connectivity index (χ0) is 11.8. The molecule has 1 aromatic rings. The maximum Gasteiger partial charge on any atom is 0.0975 e. The molecule has 0 unspecified atom stereocenters. The first-order valence-electron chi connectivity index (χ1n) is 5.77. The lowest BCUT2D eigenvalue weighted by Gasteiger charge is -2.10. The van der Waals surface area contributed by atoms with Gasteiger partial charge in [0.2, 0.25) is 0 Å². The first-order chi connectivity index (χ1) is 7.77. The van der Waals surface area contributed by atoms with E-state index in [1.807, 2.05) is 32.0 Å². The fraction of sp³-hybridized carbons (Fsp3) is 0.357. The molecule has 0 aliphatic carbocycles. The molecule has 0 spiro atoms. The summed E-state index contributed by atoms with van der Waals surface area (Å²) in [5.74, 6) is 0.971. The van der Waals surface area contributed by atoms with Crippen molar-refractivity contribution in [3.63, 3.8) is 0 Å². The molecule has 0 bridgehead atoms. The zero-order valence-electron chi connectivity index (χ0n) is 10.3. The smallest absolute Gasteiger partial charge is 0.0975 e. The topological polar surface area (TPSA) is 24.4 Å². The Labute approximate surface area is 98.1 Å². The number of allylic oxidation sites excluding steroid dienone is 1. The average molecular weight is 216 g/mol. The Balaban J connectivity index is 2.71. The second-order valence-electron chi connectivity index (χ2n) is 3.66. The van der Waals surface area contributed by atoms with Crippen molar-refractivity contribution in [3.8, 4) is 0 Å². The number of nitrogens with one attached hydrogen (secondary N) is 1. The number of aliphatic imine (C=N–C) groups is 1. The maximum absolute atomic E-state index is 4.42. The Bertz CT molecular complexity index is 364. The van der Waals surface area contributed by atoms with Crippen LogP contribution in [-0.2, 0) is 0 Å². The van der Waals surface area contributed by atoms with Gasteiger partial charge in [-0.15, -0.1) is 0 Å². The number of hydrogen-bond donors (Lipinski definition) is 1. The summed E-state index contributed by atoms with van der Waals surface area (Å²) in [6.07, 6.45) is 3.15. The Morgan fingerprint density at radius 2 is 2.00 bits per heavy atom. The lowest BCUT2D eigenvalue weighted by atomic mass is 10.1. The third-order valence-electron chi connectivity index (χ3n) is 2.26. The van der Waals surface area contributed by atoms with E-state index in [4.69, 9.17) is 0 Å². The number of amidine groups is 1. The van der Waals surface area contributed by atoms with Crippen LogP contribution < -0.4 is 5.32 Å². The molecule has 16 heavy (non-hydrogen) atoms. The summed E-state index contributed by atoms with van der Waals surface area (Å²) < 4.78 is 0. The van der Waals surface area contributed by atoms with E-state index in [0.717, 1.165) is 24.5 Å². The molecule has 0 amide bonds. The summed E-state index contributed by atoms with van der Waals surface area (Å²) in [5.41, 5.74) is 2.30. The zero-order valence-corrected chi connectivity index (χ0v) is 10.3. The third kappa shape index (κ3) is 3.89. The van der Waals surface area contributed by atoms with E-state index >= 15 is 0 Å². The second kappa shape index (κ2) is 6.83. The van der Waals surface area contributed by atoms with Crippen molar-refractivity contribution in [2.45, 2.75) is 27.2 Å². The van der Waals surface area contributed by atoms with Crippen LogP contribution in [0.2, 0.25) is 0 Å². The lowest BCUT2D eigenvalue weighted by Crippen LogP contribution is -2.19. The molecule has 1 N–H and O–H groups in total. The summed E-state index contributed by atoms with van der Waals surface area (Å²) in [6, 6.07) is 10.3. The number of hydrogen-bond acceptors (Lipinski definition) is 1. The van der Waals surface area contributed by atoms with Crippen LogP contribution in [0, 0.1) is 0 Å². The summed E-state index contributed by atoms with van der Waals surface area (Å²) >= 11 is 0. The van der Waals surface area contributed by atoms with Gasteiger partial charge in [0.05, 0.1) is 5.84 Å². The standard InChI is InChI=1S/C14H20N2/c1-4-11-15-12(3)16-14(5-2)13-9-7-6-8-10-13/h5-10H,4,11H2,1-3H3,(H,15,16)/b14-5-. The predicted molar refractivity (Wildman–Crippen MR) is 71.5 cm³/mol. The van der Waals surface area contributed by atoms with Gasteiger partial charge in [0.15, 0.2) is 0 Å². The monoisotopic (exact) mass is 216 g/mol. The number of rotatable bonds is 4. The van der Waals surface area contributed by atoms with E-state index in [0.29, 0.717) is 0 Å². The van der Waals surface area contributed by atoms with Crippen LogP contribution in [0.15, 0.2) is 41.4 Å². The number of benzene rings is 1. The molecular weight excluding hydrogens is 196 g/mol. The fourth-order valence-corrected chi connectivity index (χ4v) is 1.44. The SMILES string of the molecule is C/C=C(\NC(C)=NCCC)c1ccccc1. The molecule has 0 saturated heterocycles. The Kier molecular flexibility index (Phi) is 5.34. The summed E-state index contributed by atoms with van der Waals surface area (Å²) in [7, 11) is 0. The van der Waals surface area contributed by atoms with E-state index < -0.39 is 0 Å². The summed E-state index contributed by atoms with van der Waals surface area (Å²) in [5, 5.41) is 3.33. The summed E-state index contributed by atoms with van der Waals surface area (Å²) in [6.45, 7) is 7.04. The molecule has 0 aromatic heterocycles. The van der Waals surface area contributed by atoms with Crippen molar-refractivity contribution < 1.29 is 0 Å². The normalized spacial score (nSPS) is 12.7. The van der Waals surface area contributed by atoms with E-state index in [-0.39, 0.29) is 0 Å². The van der Waals surface area contributed by atoms with Crippen LogP contribution in [0.5, 0.6) is 0 Å². The molecule has 2 nitrogen and oxygen atoms in total. The van der Waals surface area contributed by atoms with Crippen molar-refractivity contribution in [1.29, 1.82) is 0 Å². The largest absolute Gasteiger partial charge is 0.344 e. The van der Waals surface area contributed by atoms with Crippen molar-refractivity contribution in [2.24, 2.45) is 4.99 Å². The van der Waals surface area contributed by atoms with Crippen LogP contribution in [0.1, 0.15) is 32.8 Å². The Morgan fingerprint density at radius 3 is 2.56 bits per heavy atom. The van der Waals surface area contributed by atoms with Gasteiger partial charge in [0.25, 0.3) is 0 Å². The van der Waals surface area contributed by atoms with Crippen LogP contribution in [0.25, 0.3) is 5.70 Å². The van der Waals surface area contributed by atoms with Crippen LogP contribution in [0.3, 0.4) is 0 Å². The molecule has 0 radical (unpaired) electrons. The van der Waals surface area contributed by atoms with E-state index in [1.165, 1.54) is 5.56 Å². The van der Waals surface area contributed by atoms with Gasteiger partial charge in [-0.05, 0) is 25.8 Å². The molecule has 0 fully saturated rings. The fourth-order valence-electron chi connectivity index (χ4n) is 1.44. The quantitative estimate of drug-likeness (QED) is 0.605. The van der Waals surface area contributed by atoms with Gasteiger partial charge in [-0.25, -0.2) is 0 Å². The molecule has 1 rings (SSSR count). The van der Waals surface area contributed by atoms with Gasteiger partial charge < -0.3 is 5.32 Å². The Hall–Kier alpha value is -1.57. The highest BCUT2D eigenvalue weighted by Crippen LogP contribution is 2.10. The van der Waals surface area contributed by atoms with Gasteiger partial charge in [0.1, 0.15) is 0 Å². The van der Waals surface area contributed by atoms with E-state index in [9.17, 15) is 0 Å². The van der Waals surface area contributed by atoms with Crippen LogP contribution >= 0.6 is 0 Å². The van der Waals surface area contributed by atoms with E-state index in [2.05, 4.69) is 35.4 Å². The average Bonchev–Trinajstić information content (AvgIpc) is 2.34. The van der Waals surface area contributed by atoms with Crippen molar-refractivity contribution in [3.05, 3.63) is 42.0 Å². The van der Waals surface area contributed by atoms with Crippen molar-refractivity contribution in [2.75, 3.05) is 6.54 Å². The molecule has 0 aliphatic heterocycles. The van der Waals surface area contributed by atoms with Crippen molar-refractivity contribution in [1.82, 2.24) is 5.32 Å². The lowest BCUT2D eigenvalue weighted by molar-refractivity contribution is 0.923. The summed E-state index contributed by atoms with van der Waals surface area (Å²) in [4.78, 5) is 4.42. The van der Waals surface area contributed by atoms with Gasteiger partial charge in [-0.3, -0.25) is 4.99 Å². The van der Waals surface area contributed by atoms with Crippen LogP contribution in [0.4, 0.5) is 0 Å². The van der Waals surface area contributed by atoms with Gasteiger partial charge in [0, 0.05) is 12.2 Å². The third-order valence-corrected chi connectivity index (χ3v) is 2.26. The molecule has 0 atom stereocenters. The minimum atomic E-state index is 0.880. The molecule has 0 saturated carbocycles. The molecule has 1 aromatic carbocycles. The molecular formula is C14H20N2. The second-order valence-corrected chi connectivity index (χ2v) is 3.66. The van der Waals surface area contributed by atoms with Crippen LogP contribution in [-0.4, -0.2) is 12.4 Å².